The molecule has 1 N–H and O–H groups in total. The molecule has 3 aromatic heterocycles. The van der Waals surface area contributed by atoms with Crippen LogP contribution in [0.1, 0.15) is 41.8 Å². The van der Waals surface area contributed by atoms with E-state index in [1.54, 1.807) is 23.6 Å². The third-order valence-corrected chi connectivity index (χ3v) is 6.48. The van der Waals surface area contributed by atoms with Crippen LogP contribution in [-0.2, 0) is 5.41 Å². The Morgan fingerprint density at radius 2 is 1.80 bits per heavy atom. The van der Waals surface area contributed by atoms with Crippen LogP contribution in [0, 0.1) is 20.8 Å². The normalized spacial score (nSPS) is 12.0. The summed E-state index contributed by atoms with van der Waals surface area (Å²) in [6.45, 7) is 12.4. The number of pyridine rings is 2. The fourth-order valence-electron chi connectivity index (χ4n) is 3.82. The molecule has 0 fully saturated rings. The van der Waals surface area contributed by atoms with Crippen LogP contribution in [0.25, 0.3) is 33.5 Å². The van der Waals surface area contributed by atoms with Gasteiger partial charge in [0.25, 0.3) is 0 Å². The predicted octanol–water partition coefficient (Wildman–Crippen LogP) is 6.59. The van der Waals surface area contributed by atoms with Crippen molar-refractivity contribution in [2.75, 3.05) is 0 Å². The largest absolute Gasteiger partial charge is 0.354 e. The van der Waals surface area contributed by atoms with Crippen LogP contribution in [0.15, 0.2) is 35.3 Å². The van der Waals surface area contributed by atoms with Crippen molar-refractivity contribution in [1.82, 2.24) is 15.0 Å². The molecule has 1 aromatic carbocycles. The van der Waals surface area contributed by atoms with E-state index in [0.29, 0.717) is 16.1 Å². The smallest absolute Gasteiger partial charge is 0.192 e. The van der Waals surface area contributed by atoms with E-state index >= 15 is 0 Å². The van der Waals surface area contributed by atoms with Crippen LogP contribution in [-0.4, -0.2) is 15.0 Å². The molecule has 0 spiro atoms. The van der Waals surface area contributed by atoms with Crippen LogP contribution in [0.5, 0.6) is 0 Å². The lowest BCUT2D eigenvalue weighted by atomic mass is 9.85. The first kappa shape index (κ1) is 20.8. The molecule has 0 atom stereocenters. The Morgan fingerprint density at radius 1 is 1.07 bits per heavy atom. The number of rotatable bonds is 2. The zero-order chi connectivity index (χ0) is 21.8. The summed E-state index contributed by atoms with van der Waals surface area (Å²) in [6, 6.07) is 7.53. The summed E-state index contributed by atoms with van der Waals surface area (Å²) in [4.78, 5) is 26.8. The molecule has 4 rings (SSSR count). The third kappa shape index (κ3) is 3.57. The molecule has 4 aromatic rings. The van der Waals surface area contributed by atoms with Gasteiger partial charge in [0, 0.05) is 27.7 Å². The third-order valence-electron chi connectivity index (χ3n) is 5.28. The SMILES string of the molecule is Cc1nc(-c2nccc3[nH]c(-c4cc(Cl)c(C(C)(C)C)cc4C)cc(=O)c23)c(C)s1. The summed E-state index contributed by atoms with van der Waals surface area (Å²) in [5.74, 6) is 0. The van der Waals surface area contributed by atoms with Crippen molar-refractivity contribution in [2.24, 2.45) is 0 Å². The highest BCUT2D eigenvalue weighted by Crippen LogP contribution is 2.35. The summed E-state index contributed by atoms with van der Waals surface area (Å²) in [5.41, 5.74) is 5.83. The second kappa shape index (κ2) is 7.33. The van der Waals surface area contributed by atoms with Gasteiger partial charge < -0.3 is 4.98 Å². The number of thiazole rings is 1. The van der Waals surface area contributed by atoms with Crippen LogP contribution in [0.4, 0.5) is 0 Å². The minimum atomic E-state index is -0.0812. The van der Waals surface area contributed by atoms with Gasteiger partial charge in [-0.25, -0.2) is 4.98 Å². The number of nitrogens with zero attached hydrogens (tertiary/aromatic N) is 2. The maximum absolute atomic E-state index is 13.2. The molecule has 0 aliphatic rings. The number of fused-ring (bicyclic) bond motifs is 1. The molecule has 0 unspecified atom stereocenters. The highest BCUT2D eigenvalue weighted by Gasteiger charge is 2.20. The second-order valence-electron chi connectivity index (χ2n) is 8.66. The Hall–Kier alpha value is -2.50. The molecular weight excluding hydrogens is 414 g/mol. The van der Waals surface area contributed by atoms with Crippen molar-refractivity contribution in [1.29, 1.82) is 0 Å². The molecule has 4 nitrogen and oxygen atoms in total. The first-order chi connectivity index (χ1) is 14.1. The van der Waals surface area contributed by atoms with Gasteiger partial charge in [-0.2, -0.15) is 0 Å². The number of halogens is 1. The number of aromatic amines is 1. The Morgan fingerprint density at radius 3 is 2.43 bits per heavy atom. The van der Waals surface area contributed by atoms with Gasteiger partial charge in [-0.05, 0) is 49.4 Å². The van der Waals surface area contributed by atoms with Crippen LogP contribution in [0.2, 0.25) is 5.02 Å². The molecule has 0 amide bonds. The maximum atomic E-state index is 13.2. The lowest BCUT2D eigenvalue weighted by Gasteiger charge is -2.22. The summed E-state index contributed by atoms with van der Waals surface area (Å²) in [5, 5.41) is 2.22. The van der Waals surface area contributed by atoms with Gasteiger partial charge in [0.15, 0.2) is 5.43 Å². The molecule has 0 radical (unpaired) electrons. The van der Waals surface area contributed by atoms with Crippen LogP contribution in [0.3, 0.4) is 0 Å². The number of benzene rings is 1. The second-order valence-corrected chi connectivity index (χ2v) is 10.5. The van der Waals surface area contributed by atoms with Crippen molar-refractivity contribution in [3.63, 3.8) is 0 Å². The molecule has 3 heterocycles. The zero-order valence-corrected chi connectivity index (χ0v) is 19.5. The van der Waals surface area contributed by atoms with Crippen molar-refractivity contribution in [3.05, 3.63) is 66.7 Å². The van der Waals surface area contributed by atoms with Gasteiger partial charge in [0.1, 0.15) is 11.4 Å². The molecule has 0 aliphatic carbocycles. The molecule has 0 saturated heterocycles. The van der Waals surface area contributed by atoms with Crippen LogP contribution >= 0.6 is 22.9 Å². The van der Waals surface area contributed by atoms with E-state index in [2.05, 4.69) is 41.8 Å². The highest BCUT2D eigenvalue weighted by atomic mass is 35.5. The van der Waals surface area contributed by atoms with E-state index in [-0.39, 0.29) is 10.8 Å². The Bertz CT molecular complexity index is 1350. The fourth-order valence-corrected chi connectivity index (χ4v) is 5.09. The zero-order valence-electron chi connectivity index (χ0n) is 18.0. The van der Waals surface area contributed by atoms with Gasteiger partial charge in [0.05, 0.1) is 21.6 Å². The molecular formula is C24H24ClN3OS. The van der Waals surface area contributed by atoms with E-state index < -0.39 is 0 Å². The highest BCUT2D eigenvalue weighted by molar-refractivity contribution is 7.11. The van der Waals surface area contributed by atoms with Gasteiger partial charge in [-0.15, -0.1) is 11.3 Å². The Labute approximate surface area is 185 Å². The minimum Gasteiger partial charge on any atom is -0.354 e. The first-order valence-corrected chi connectivity index (χ1v) is 11.0. The molecule has 154 valence electrons. The quantitative estimate of drug-likeness (QED) is 0.384. The molecule has 0 bridgehead atoms. The number of aryl methyl sites for hydroxylation is 3. The summed E-state index contributed by atoms with van der Waals surface area (Å²) in [6.07, 6.45) is 1.72. The lowest BCUT2D eigenvalue weighted by molar-refractivity contribution is 0.590. The van der Waals surface area contributed by atoms with Crippen LogP contribution < -0.4 is 5.43 Å². The van der Waals surface area contributed by atoms with E-state index in [0.717, 1.165) is 43.5 Å². The average Bonchev–Trinajstić information content (AvgIpc) is 2.99. The van der Waals surface area contributed by atoms with Gasteiger partial charge in [-0.3, -0.25) is 9.78 Å². The van der Waals surface area contributed by atoms with Gasteiger partial charge in [0.2, 0.25) is 0 Å². The Balaban J connectivity index is 1.93. The van der Waals surface area contributed by atoms with Gasteiger partial charge in [-0.1, -0.05) is 38.4 Å². The topological polar surface area (TPSA) is 58.6 Å². The van der Waals surface area contributed by atoms with E-state index in [4.69, 9.17) is 11.6 Å². The molecule has 6 heteroatoms. The molecule has 30 heavy (non-hydrogen) atoms. The summed E-state index contributed by atoms with van der Waals surface area (Å²) in [7, 11) is 0. The number of nitrogens with one attached hydrogen (secondary N) is 1. The van der Waals surface area contributed by atoms with E-state index in [1.165, 1.54) is 0 Å². The number of hydrogen-bond donors (Lipinski definition) is 1. The number of aromatic nitrogens is 3. The number of hydrogen-bond acceptors (Lipinski definition) is 4. The maximum Gasteiger partial charge on any atom is 0.192 e. The predicted molar refractivity (Wildman–Crippen MR) is 127 cm³/mol. The van der Waals surface area contributed by atoms with E-state index in [9.17, 15) is 4.79 Å². The Kier molecular flexibility index (Phi) is 5.07. The van der Waals surface area contributed by atoms with Crippen molar-refractivity contribution < 1.29 is 0 Å². The standard InChI is InChI=1S/C24H24ClN3OS/c1-12-9-16(24(4,5)6)17(25)10-15(12)19-11-20(29)21-18(28-19)7-8-26-23(21)22-13(2)30-14(3)27-22/h7-11H,1-6H3,(H,28,29). The molecule has 0 saturated carbocycles. The fraction of sp³-hybridized carbons (Fsp3) is 0.292. The van der Waals surface area contributed by atoms with Gasteiger partial charge >= 0.3 is 0 Å². The monoisotopic (exact) mass is 437 g/mol. The van der Waals surface area contributed by atoms with Crippen molar-refractivity contribution in [3.8, 4) is 22.6 Å². The summed E-state index contributed by atoms with van der Waals surface area (Å²) < 4.78 is 0. The molecule has 0 aliphatic heterocycles. The van der Waals surface area contributed by atoms with Crippen molar-refractivity contribution in [2.45, 2.75) is 47.0 Å². The van der Waals surface area contributed by atoms with Crippen molar-refractivity contribution >= 4 is 33.8 Å². The average molecular weight is 438 g/mol. The number of H-pyrrole nitrogens is 1. The minimum absolute atomic E-state index is 0.0543. The lowest BCUT2D eigenvalue weighted by Crippen LogP contribution is -2.12. The van der Waals surface area contributed by atoms with E-state index in [1.807, 2.05) is 32.9 Å². The summed E-state index contributed by atoms with van der Waals surface area (Å²) >= 11 is 8.22. The first-order valence-electron chi connectivity index (χ1n) is 9.83.